The molecule has 0 spiro atoms. The predicted octanol–water partition coefficient (Wildman–Crippen LogP) is 2.41. The number of aliphatic hydroxyl groups excluding tert-OH is 1. The zero-order valence-corrected chi connectivity index (χ0v) is 12.3. The molecule has 0 aliphatic carbocycles. The number of rotatable bonds is 7. The predicted molar refractivity (Wildman–Crippen MR) is 75.0 cm³/mol. The molecule has 0 bridgehead atoms. The molecule has 0 saturated carbocycles. The van der Waals surface area contributed by atoms with Crippen LogP contribution in [0, 0.1) is 0 Å². The van der Waals surface area contributed by atoms with Gasteiger partial charge in [0, 0.05) is 23.7 Å². The summed E-state index contributed by atoms with van der Waals surface area (Å²) in [5.74, 6) is 0.597. The Hall–Kier alpha value is -0.780. The minimum Gasteiger partial charge on any atom is -0.504 e. The van der Waals surface area contributed by atoms with Crippen molar-refractivity contribution < 1.29 is 14.9 Å². The Morgan fingerprint density at radius 3 is 2.78 bits per heavy atom. The van der Waals surface area contributed by atoms with Gasteiger partial charge in [-0.1, -0.05) is 15.9 Å². The minimum atomic E-state index is 0.126. The molecular formula is C13H20BrNO3. The van der Waals surface area contributed by atoms with Crippen molar-refractivity contribution in [2.24, 2.45) is 0 Å². The summed E-state index contributed by atoms with van der Waals surface area (Å²) >= 11 is 3.42. The van der Waals surface area contributed by atoms with E-state index in [1.54, 1.807) is 6.07 Å². The Balaban J connectivity index is 2.61. The first-order valence-electron chi connectivity index (χ1n) is 5.98. The lowest BCUT2D eigenvalue weighted by atomic mass is 10.1. The molecule has 1 atom stereocenters. The third-order valence-electron chi connectivity index (χ3n) is 2.78. The second kappa shape index (κ2) is 7.61. The molecule has 1 aromatic rings. The van der Waals surface area contributed by atoms with E-state index in [1.165, 1.54) is 7.11 Å². The first-order valence-corrected chi connectivity index (χ1v) is 6.77. The van der Waals surface area contributed by atoms with Gasteiger partial charge < -0.3 is 20.3 Å². The Bertz CT molecular complexity index is 385. The van der Waals surface area contributed by atoms with Gasteiger partial charge in [0.15, 0.2) is 11.5 Å². The normalized spacial score (nSPS) is 12.4. The first-order chi connectivity index (χ1) is 8.58. The van der Waals surface area contributed by atoms with Gasteiger partial charge in [-0.2, -0.15) is 0 Å². The van der Waals surface area contributed by atoms with Gasteiger partial charge in [-0.25, -0.2) is 0 Å². The van der Waals surface area contributed by atoms with Crippen molar-refractivity contribution >= 4 is 15.9 Å². The molecule has 5 heteroatoms. The van der Waals surface area contributed by atoms with E-state index in [-0.39, 0.29) is 12.4 Å². The lowest BCUT2D eigenvalue weighted by Gasteiger charge is -2.15. The average Bonchev–Trinajstić information content (AvgIpc) is 2.35. The fourth-order valence-electron chi connectivity index (χ4n) is 1.67. The van der Waals surface area contributed by atoms with Crippen LogP contribution in [0.25, 0.3) is 0 Å². The van der Waals surface area contributed by atoms with Crippen LogP contribution < -0.4 is 10.1 Å². The zero-order valence-electron chi connectivity index (χ0n) is 10.7. The summed E-state index contributed by atoms with van der Waals surface area (Å²) in [7, 11) is 1.53. The lowest BCUT2D eigenvalue weighted by molar-refractivity contribution is 0.276. The van der Waals surface area contributed by atoms with E-state index in [9.17, 15) is 5.11 Å². The van der Waals surface area contributed by atoms with Crippen LogP contribution in [-0.2, 0) is 6.54 Å². The molecule has 0 amide bonds. The van der Waals surface area contributed by atoms with Crippen molar-refractivity contribution in [3.8, 4) is 11.5 Å². The van der Waals surface area contributed by atoms with Crippen LogP contribution in [0.15, 0.2) is 16.6 Å². The molecule has 1 rings (SSSR count). The summed E-state index contributed by atoms with van der Waals surface area (Å²) < 4.78 is 5.93. The first kappa shape index (κ1) is 15.3. The van der Waals surface area contributed by atoms with E-state index in [0.29, 0.717) is 18.3 Å². The molecule has 102 valence electrons. The van der Waals surface area contributed by atoms with E-state index in [4.69, 9.17) is 9.84 Å². The van der Waals surface area contributed by atoms with Crippen molar-refractivity contribution in [1.29, 1.82) is 0 Å². The van der Waals surface area contributed by atoms with E-state index in [0.717, 1.165) is 22.9 Å². The number of hydrogen-bond donors (Lipinski definition) is 3. The monoisotopic (exact) mass is 317 g/mol. The number of aromatic hydroxyl groups is 1. The quantitative estimate of drug-likeness (QED) is 0.722. The second-order valence-electron chi connectivity index (χ2n) is 4.26. The molecule has 18 heavy (non-hydrogen) atoms. The summed E-state index contributed by atoms with van der Waals surface area (Å²) in [6.07, 6.45) is 1.73. The third kappa shape index (κ3) is 4.48. The molecule has 0 radical (unpaired) electrons. The van der Waals surface area contributed by atoms with Gasteiger partial charge in [0.1, 0.15) is 0 Å². The van der Waals surface area contributed by atoms with Crippen LogP contribution in [0.4, 0.5) is 0 Å². The average molecular weight is 318 g/mol. The molecule has 0 fully saturated rings. The van der Waals surface area contributed by atoms with Crippen molar-refractivity contribution in [3.05, 3.63) is 22.2 Å². The number of halogens is 1. The Kier molecular flexibility index (Phi) is 6.46. The maximum Gasteiger partial charge on any atom is 0.160 e. The van der Waals surface area contributed by atoms with Gasteiger partial charge in [-0.05, 0) is 37.5 Å². The molecule has 3 N–H and O–H groups in total. The second-order valence-corrected chi connectivity index (χ2v) is 5.12. The SMILES string of the molecule is COc1cc(CNC(C)CCCO)c(Br)cc1O. The highest BCUT2D eigenvalue weighted by Gasteiger charge is 2.09. The summed E-state index contributed by atoms with van der Waals surface area (Å²) in [6, 6.07) is 3.78. The highest BCUT2D eigenvalue weighted by atomic mass is 79.9. The van der Waals surface area contributed by atoms with Crippen LogP contribution in [-0.4, -0.2) is 30.0 Å². The number of ether oxygens (including phenoxy) is 1. The summed E-state index contributed by atoms with van der Waals surface area (Å²) in [4.78, 5) is 0. The molecule has 1 aromatic carbocycles. The van der Waals surface area contributed by atoms with Crippen LogP contribution in [0.3, 0.4) is 0 Å². The summed E-state index contributed by atoms with van der Waals surface area (Å²) in [5.41, 5.74) is 1.03. The van der Waals surface area contributed by atoms with Crippen molar-refractivity contribution in [2.45, 2.75) is 32.4 Å². The Labute approximate surface area is 116 Å². The van der Waals surface area contributed by atoms with Gasteiger partial charge in [-0.15, -0.1) is 0 Å². The van der Waals surface area contributed by atoms with Crippen LogP contribution in [0.2, 0.25) is 0 Å². The van der Waals surface area contributed by atoms with Crippen LogP contribution >= 0.6 is 15.9 Å². The fraction of sp³-hybridized carbons (Fsp3) is 0.538. The molecular weight excluding hydrogens is 298 g/mol. The van der Waals surface area contributed by atoms with E-state index >= 15 is 0 Å². The van der Waals surface area contributed by atoms with Gasteiger partial charge in [-0.3, -0.25) is 0 Å². The Morgan fingerprint density at radius 2 is 2.17 bits per heavy atom. The van der Waals surface area contributed by atoms with Gasteiger partial charge in [0.05, 0.1) is 7.11 Å². The van der Waals surface area contributed by atoms with Crippen molar-refractivity contribution in [1.82, 2.24) is 5.32 Å². The molecule has 0 saturated heterocycles. The number of phenolic OH excluding ortho intramolecular Hbond substituents is 1. The maximum absolute atomic E-state index is 9.61. The third-order valence-corrected chi connectivity index (χ3v) is 3.52. The minimum absolute atomic E-state index is 0.126. The molecule has 4 nitrogen and oxygen atoms in total. The number of hydrogen-bond acceptors (Lipinski definition) is 4. The van der Waals surface area contributed by atoms with Crippen molar-refractivity contribution in [2.75, 3.05) is 13.7 Å². The highest BCUT2D eigenvalue weighted by Crippen LogP contribution is 2.32. The topological polar surface area (TPSA) is 61.7 Å². The fourth-order valence-corrected chi connectivity index (χ4v) is 2.14. The molecule has 0 aliphatic rings. The van der Waals surface area contributed by atoms with Crippen LogP contribution in [0.1, 0.15) is 25.3 Å². The zero-order chi connectivity index (χ0) is 13.5. The molecule has 1 unspecified atom stereocenters. The summed E-state index contributed by atoms with van der Waals surface area (Å²) in [5, 5.41) is 21.7. The van der Waals surface area contributed by atoms with Crippen LogP contribution in [0.5, 0.6) is 11.5 Å². The van der Waals surface area contributed by atoms with Gasteiger partial charge in [0.2, 0.25) is 0 Å². The highest BCUT2D eigenvalue weighted by molar-refractivity contribution is 9.10. The maximum atomic E-state index is 9.61. The van der Waals surface area contributed by atoms with Gasteiger partial charge in [0.25, 0.3) is 0 Å². The number of benzene rings is 1. The van der Waals surface area contributed by atoms with E-state index in [1.807, 2.05) is 6.07 Å². The number of aliphatic hydroxyl groups is 1. The number of nitrogens with one attached hydrogen (secondary N) is 1. The smallest absolute Gasteiger partial charge is 0.160 e. The van der Waals surface area contributed by atoms with Gasteiger partial charge >= 0.3 is 0 Å². The standard InChI is InChI=1S/C13H20BrNO3/c1-9(4-3-5-16)15-8-10-6-13(18-2)12(17)7-11(10)14/h6-7,9,15-17H,3-5,8H2,1-2H3. The lowest BCUT2D eigenvalue weighted by Crippen LogP contribution is -2.25. The molecule has 0 aliphatic heterocycles. The van der Waals surface area contributed by atoms with E-state index < -0.39 is 0 Å². The van der Waals surface area contributed by atoms with Crippen molar-refractivity contribution in [3.63, 3.8) is 0 Å². The molecule has 0 heterocycles. The Morgan fingerprint density at radius 1 is 1.44 bits per heavy atom. The largest absolute Gasteiger partial charge is 0.504 e. The number of methoxy groups -OCH3 is 1. The summed E-state index contributed by atoms with van der Waals surface area (Å²) in [6.45, 7) is 2.99. The molecule has 0 aromatic heterocycles. The number of phenols is 1. The van der Waals surface area contributed by atoms with E-state index in [2.05, 4.69) is 28.2 Å².